The van der Waals surface area contributed by atoms with Crippen molar-refractivity contribution < 1.29 is 4.74 Å². The second-order valence-electron chi connectivity index (χ2n) is 8.18. The van der Waals surface area contributed by atoms with Gasteiger partial charge in [-0.05, 0) is 55.7 Å². The number of fused-ring (bicyclic) bond motifs is 1. The van der Waals surface area contributed by atoms with E-state index in [1.807, 2.05) is 75.1 Å². The molecule has 0 radical (unpaired) electrons. The number of nitrogens with zero attached hydrogens (tertiary/aromatic N) is 5. The molecule has 0 spiro atoms. The van der Waals surface area contributed by atoms with Gasteiger partial charge in [0.2, 0.25) is 0 Å². The maximum atomic E-state index is 13.4. The maximum Gasteiger partial charge on any atom is 0.276 e. The number of rotatable bonds is 4. The van der Waals surface area contributed by atoms with Crippen molar-refractivity contribution in [2.75, 3.05) is 7.11 Å². The molecule has 166 valence electrons. The summed E-state index contributed by atoms with van der Waals surface area (Å²) in [6, 6.07) is 9.90. The molecule has 0 aliphatic heterocycles. The average Bonchev–Trinajstić information content (AvgIpc) is 3.37. The molecule has 1 N–H and O–H groups in total. The molecule has 4 heterocycles. The van der Waals surface area contributed by atoms with Crippen molar-refractivity contribution in [3.05, 3.63) is 76.1 Å². The first-order valence-corrected chi connectivity index (χ1v) is 10.6. The van der Waals surface area contributed by atoms with Crippen LogP contribution >= 0.6 is 0 Å². The van der Waals surface area contributed by atoms with E-state index in [9.17, 15) is 4.79 Å². The molecule has 1 aromatic carbocycles. The van der Waals surface area contributed by atoms with Gasteiger partial charge in [-0.1, -0.05) is 12.1 Å². The Balaban J connectivity index is 1.88. The number of hydrogen-bond donors (Lipinski definition) is 1. The molecular weight excluding hydrogens is 416 g/mol. The van der Waals surface area contributed by atoms with Gasteiger partial charge in [-0.2, -0.15) is 0 Å². The van der Waals surface area contributed by atoms with Crippen molar-refractivity contribution in [2.45, 2.75) is 20.8 Å². The predicted octanol–water partition coefficient (Wildman–Crippen LogP) is 4.09. The number of aromatic nitrogens is 6. The SMILES string of the molecule is COc1cccc(-c2cn3nc(-c4nccn4C)[nH]c(=O)c3c2-c2cc(C)cc(C)n2)c1C. The van der Waals surface area contributed by atoms with Crippen LogP contribution in [0.25, 0.3) is 39.5 Å². The number of pyridine rings is 1. The monoisotopic (exact) mass is 440 g/mol. The number of aromatic amines is 1. The lowest BCUT2D eigenvalue weighted by Gasteiger charge is -2.12. The smallest absolute Gasteiger partial charge is 0.276 e. The van der Waals surface area contributed by atoms with Gasteiger partial charge in [-0.3, -0.25) is 9.78 Å². The number of imidazole rings is 1. The van der Waals surface area contributed by atoms with Crippen LogP contribution in [0.1, 0.15) is 16.8 Å². The van der Waals surface area contributed by atoms with Crippen LogP contribution in [0.15, 0.2) is 53.7 Å². The zero-order valence-electron chi connectivity index (χ0n) is 19.2. The lowest BCUT2D eigenvalue weighted by molar-refractivity contribution is 0.412. The summed E-state index contributed by atoms with van der Waals surface area (Å²) < 4.78 is 9.00. The Morgan fingerprint density at radius 3 is 2.61 bits per heavy atom. The zero-order valence-corrected chi connectivity index (χ0v) is 19.2. The molecule has 33 heavy (non-hydrogen) atoms. The van der Waals surface area contributed by atoms with E-state index in [0.717, 1.165) is 45.0 Å². The van der Waals surface area contributed by atoms with Crippen molar-refractivity contribution in [1.29, 1.82) is 0 Å². The number of benzene rings is 1. The third-order valence-corrected chi connectivity index (χ3v) is 5.82. The molecule has 0 bridgehead atoms. The van der Waals surface area contributed by atoms with Crippen LogP contribution in [0, 0.1) is 20.8 Å². The van der Waals surface area contributed by atoms with Crippen LogP contribution in [0.4, 0.5) is 0 Å². The molecule has 0 saturated heterocycles. The van der Waals surface area contributed by atoms with Gasteiger partial charge in [0.1, 0.15) is 11.3 Å². The molecule has 0 aliphatic rings. The van der Waals surface area contributed by atoms with Gasteiger partial charge < -0.3 is 14.3 Å². The molecule has 8 nitrogen and oxygen atoms in total. The molecule has 0 fully saturated rings. The first kappa shape index (κ1) is 20.7. The molecule has 5 rings (SSSR count). The fourth-order valence-electron chi connectivity index (χ4n) is 4.34. The minimum Gasteiger partial charge on any atom is -0.496 e. The van der Waals surface area contributed by atoms with E-state index < -0.39 is 0 Å². The van der Waals surface area contributed by atoms with E-state index >= 15 is 0 Å². The van der Waals surface area contributed by atoms with E-state index in [0.29, 0.717) is 17.2 Å². The van der Waals surface area contributed by atoms with Crippen molar-refractivity contribution in [2.24, 2.45) is 7.05 Å². The standard InChI is InChI=1S/C25H24N6O2/c1-14-11-15(2)27-19(12-14)21-18(17-7-6-8-20(33-5)16(17)3)13-31-22(21)25(32)28-23(29-31)24-26-9-10-30(24)4/h6-13H,1-5H3,(H,28,29,32). The van der Waals surface area contributed by atoms with Gasteiger partial charge >= 0.3 is 0 Å². The number of nitrogens with one attached hydrogen (secondary N) is 1. The van der Waals surface area contributed by atoms with E-state index in [1.54, 1.807) is 17.8 Å². The molecule has 0 amide bonds. The average molecular weight is 441 g/mol. The number of H-pyrrole nitrogens is 1. The highest BCUT2D eigenvalue weighted by Crippen LogP contribution is 2.39. The summed E-state index contributed by atoms with van der Waals surface area (Å²) in [5.74, 6) is 1.74. The second kappa shape index (κ2) is 7.74. The Hall–Kier alpha value is -4.20. The Morgan fingerprint density at radius 2 is 1.91 bits per heavy atom. The third-order valence-electron chi connectivity index (χ3n) is 5.82. The minimum atomic E-state index is -0.259. The predicted molar refractivity (Wildman–Crippen MR) is 127 cm³/mol. The van der Waals surface area contributed by atoms with E-state index in [-0.39, 0.29) is 5.56 Å². The largest absolute Gasteiger partial charge is 0.496 e. The van der Waals surface area contributed by atoms with Crippen molar-refractivity contribution in [3.8, 4) is 39.8 Å². The molecule has 0 saturated carbocycles. The van der Waals surface area contributed by atoms with Gasteiger partial charge in [0.15, 0.2) is 11.6 Å². The van der Waals surface area contributed by atoms with Gasteiger partial charge in [0.25, 0.3) is 5.56 Å². The Bertz CT molecular complexity index is 1550. The zero-order chi connectivity index (χ0) is 23.3. The fourth-order valence-corrected chi connectivity index (χ4v) is 4.34. The number of aryl methyl sites for hydroxylation is 3. The lowest BCUT2D eigenvalue weighted by atomic mass is 9.96. The summed E-state index contributed by atoms with van der Waals surface area (Å²) in [5, 5.41) is 4.71. The van der Waals surface area contributed by atoms with Crippen LogP contribution in [0.2, 0.25) is 0 Å². The minimum absolute atomic E-state index is 0.259. The summed E-state index contributed by atoms with van der Waals surface area (Å²) in [6.07, 6.45) is 5.36. The van der Waals surface area contributed by atoms with Crippen molar-refractivity contribution in [1.82, 2.24) is 29.1 Å². The summed E-state index contributed by atoms with van der Waals surface area (Å²) in [4.78, 5) is 25.4. The van der Waals surface area contributed by atoms with Crippen LogP contribution in [-0.2, 0) is 7.05 Å². The molecule has 0 unspecified atom stereocenters. The van der Waals surface area contributed by atoms with Crippen LogP contribution < -0.4 is 10.3 Å². The Morgan fingerprint density at radius 1 is 1.09 bits per heavy atom. The summed E-state index contributed by atoms with van der Waals surface area (Å²) in [5.41, 5.74) is 6.37. The molecule has 0 atom stereocenters. The van der Waals surface area contributed by atoms with Crippen molar-refractivity contribution in [3.63, 3.8) is 0 Å². The summed E-state index contributed by atoms with van der Waals surface area (Å²) in [7, 11) is 3.51. The highest BCUT2D eigenvalue weighted by atomic mass is 16.5. The van der Waals surface area contributed by atoms with E-state index in [1.165, 1.54) is 0 Å². The summed E-state index contributed by atoms with van der Waals surface area (Å²) >= 11 is 0. The maximum absolute atomic E-state index is 13.4. The Kier molecular flexibility index (Phi) is 4.85. The van der Waals surface area contributed by atoms with Gasteiger partial charge in [0, 0.05) is 42.5 Å². The number of methoxy groups -OCH3 is 1. The van der Waals surface area contributed by atoms with Crippen LogP contribution in [0.5, 0.6) is 5.75 Å². The first-order valence-electron chi connectivity index (χ1n) is 10.6. The third kappa shape index (κ3) is 3.40. The molecule has 5 aromatic rings. The normalized spacial score (nSPS) is 11.3. The highest BCUT2D eigenvalue weighted by molar-refractivity contribution is 5.94. The summed E-state index contributed by atoms with van der Waals surface area (Å²) in [6.45, 7) is 5.98. The molecular formula is C25H24N6O2. The van der Waals surface area contributed by atoms with Crippen LogP contribution in [-0.4, -0.2) is 36.2 Å². The first-order chi connectivity index (χ1) is 15.9. The molecule has 4 aromatic heterocycles. The van der Waals surface area contributed by atoms with Gasteiger partial charge in [-0.25, -0.2) is 9.50 Å². The quantitative estimate of drug-likeness (QED) is 0.455. The van der Waals surface area contributed by atoms with Crippen LogP contribution in [0.3, 0.4) is 0 Å². The van der Waals surface area contributed by atoms with E-state index in [4.69, 9.17) is 14.8 Å². The second-order valence-corrected chi connectivity index (χ2v) is 8.18. The van der Waals surface area contributed by atoms with Crippen molar-refractivity contribution >= 4 is 5.52 Å². The Labute approximate surface area is 190 Å². The topological polar surface area (TPSA) is 90.1 Å². The molecule has 0 aliphatic carbocycles. The van der Waals surface area contributed by atoms with E-state index in [2.05, 4.69) is 9.97 Å². The lowest BCUT2D eigenvalue weighted by Crippen LogP contribution is -2.15. The number of ether oxygens (including phenoxy) is 1. The van der Waals surface area contributed by atoms with Gasteiger partial charge in [0.05, 0.1) is 12.8 Å². The fraction of sp³-hybridized carbons (Fsp3) is 0.200. The molecule has 8 heteroatoms. The number of hydrogen-bond acceptors (Lipinski definition) is 5. The van der Waals surface area contributed by atoms with Gasteiger partial charge in [-0.15, -0.1) is 5.10 Å². The highest BCUT2D eigenvalue weighted by Gasteiger charge is 2.22.